The molecule has 1 aromatic carbocycles. The molecule has 9 heteroatoms. The van der Waals surface area contributed by atoms with Crippen molar-refractivity contribution in [2.24, 2.45) is 0 Å². The molecule has 3 rings (SSSR count). The molecule has 0 atom stereocenters. The third-order valence-corrected chi connectivity index (χ3v) is 4.89. The van der Waals surface area contributed by atoms with Gasteiger partial charge in [0.15, 0.2) is 11.5 Å². The Kier molecular flexibility index (Phi) is 5.42. The van der Waals surface area contributed by atoms with Crippen LogP contribution in [0.4, 0.5) is 0 Å². The highest BCUT2D eigenvalue weighted by Crippen LogP contribution is 2.36. The standard InChI is InChI=1S/C16H21N5O3S/c1-20(9-11-4-7-13(23-2)14(8-11)24-3)15(22)10-25-16-17-18-19-21(16)12-5-6-12/h4,7-8,12H,5-6,9-10H2,1-3H3. The summed E-state index contributed by atoms with van der Waals surface area (Å²) in [5, 5.41) is 12.4. The van der Waals surface area contributed by atoms with Crippen LogP contribution in [-0.4, -0.2) is 58.0 Å². The summed E-state index contributed by atoms with van der Waals surface area (Å²) >= 11 is 1.37. The van der Waals surface area contributed by atoms with Crippen molar-refractivity contribution in [1.29, 1.82) is 0 Å². The average Bonchev–Trinajstić information content (AvgIpc) is 3.37. The number of aromatic nitrogens is 4. The van der Waals surface area contributed by atoms with E-state index in [1.54, 1.807) is 26.2 Å². The number of hydrogen-bond donors (Lipinski definition) is 0. The van der Waals surface area contributed by atoms with Crippen LogP contribution in [-0.2, 0) is 11.3 Å². The summed E-state index contributed by atoms with van der Waals surface area (Å²) in [7, 11) is 4.97. The molecule has 1 aliphatic rings. The molecule has 25 heavy (non-hydrogen) atoms. The number of tetrazole rings is 1. The molecule has 0 radical (unpaired) electrons. The number of hydrogen-bond acceptors (Lipinski definition) is 7. The summed E-state index contributed by atoms with van der Waals surface area (Å²) in [5.74, 6) is 1.64. The van der Waals surface area contributed by atoms with E-state index in [4.69, 9.17) is 9.47 Å². The Labute approximate surface area is 150 Å². The monoisotopic (exact) mass is 363 g/mol. The van der Waals surface area contributed by atoms with Crippen molar-refractivity contribution in [2.75, 3.05) is 27.0 Å². The predicted molar refractivity (Wildman–Crippen MR) is 92.8 cm³/mol. The zero-order valence-electron chi connectivity index (χ0n) is 14.5. The topological polar surface area (TPSA) is 82.4 Å². The van der Waals surface area contributed by atoms with Crippen LogP contribution >= 0.6 is 11.8 Å². The van der Waals surface area contributed by atoms with E-state index in [1.165, 1.54) is 11.8 Å². The van der Waals surface area contributed by atoms with Gasteiger partial charge >= 0.3 is 0 Å². The molecule has 0 saturated heterocycles. The van der Waals surface area contributed by atoms with Gasteiger partial charge < -0.3 is 14.4 Å². The number of methoxy groups -OCH3 is 2. The van der Waals surface area contributed by atoms with E-state index >= 15 is 0 Å². The van der Waals surface area contributed by atoms with Gasteiger partial charge in [-0.25, -0.2) is 4.68 Å². The van der Waals surface area contributed by atoms with Gasteiger partial charge in [-0.05, 0) is 41.0 Å². The molecular formula is C16H21N5O3S. The number of ether oxygens (including phenoxy) is 2. The van der Waals surface area contributed by atoms with Crippen molar-refractivity contribution in [2.45, 2.75) is 30.6 Å². The minimum atomic E-state index is 0.0186. The van der Waals surface area contributed by atoms with Gasteiger partial charge in [0.2, 0.25) is 11.1 Å². The van der Waals surface area contributed by atoms with E-state index in [2.05, 4.69) is 15.5 Å². The minimum absolute atomic E-state index is 0.0186. The third-order valence-electron chi connectivity index (χ3n) is 3.97. The summed E-state index contributed by atoms with van der Waals surface area (Å²) in [6.45, 7) is 0.493. The summed E-state index contributed by atoms with van der Waals surface area (Å²) in [5.41, 5.74) is 0.973. The molecule has 1 saturated carbocycles. The second kappa shape index (κ2) is 7.73. The molecule has 1 aromatic heterocycles. The van der Waals surface area contributed by atoms with Crippen LogP contribution in [0.15, 0.2) is 23.4 Å². The van der Waals surface area contributed by atoms with Crippen molar-refractivity contribution in [3.63, 3.8) is 0 Å². The fourth-order valence-electron chi connectivity index (χ4n) is 2.41. The number of carbonyl (C=O) groups is 1. The molecule has 2 aromatic rings. The van der Waals surface area contributed by atoms with Gasteiger partial charge in [-0.3, -0.25) is 4.79 Å². The zero-order chi connectivity index (χ0) is 17.8. The smallest absolute Gasteiger partial charge is 0.233 e. The second-order valence-electron chi connectivity index (χ2n) is 5.87. The minimum Gasteiger partial charge on any atom is -0.493 e. The zero-order valence-corrected chi connectivity index (χ0v) is 15.3. The lowest BCUT2D eigenvalue weighted by atomic mass is 10.2. The maximum atomic E-state index is 12.4. The van der Waals surface area contributed by atoms with Gasteiger partial charge in [0.25, 0.3) is 0 Å². The molecule has 8 nitrogen and oxygen atoms in total. The van der Waals surface area contributed by atoms with Gasteiger partial charge in [-0.15, -0.1) is 5.10 Å². The molecule has 0 spiro atoms. The molecule has 1 heterocycles. The van der Waals surface area contributed by atoms with E-state index < -0.39 is 0 Å². The Morgan fingerprint density at radius 2 is 2.08 bits per heavy atom. The molecule has 0 N–H and O–H groups in total. The van der Waals surface area contributed by atoms with Crippen LogP contribution in [0.25, 0.3) is 0 Å². The summed E-state index contributed by atoms with van der Waals surface area (Å²) in [6, 6.07) is 6.04. The number of rotatable bonds is 8. The number of benzene rings is 1. The van der Waals surface area contributed by atoms with Gasteiger partial charge in [-0.2, -0.15) is 0 Å². The quantitative estimate of drug-likeness (QED) is 0.661. The van der Waals surface area contributed by atoms with E-state index in [1.807, 2.05) is 22.9 Å². The lowest BCUT2D eigenvalue weighted by Crippen LogP contribution is -2.28. The van der Waals surface area contributed by atoms with E-state index in [9.17, 15) is 4.79 Å². The third kappa shape index (κ3) is 4.22. The molecule has 1 aliphatic carbocycles. The molecule has 0 bridgehead atoms. The van der Waals surface area contributed by atoms with Crippen LogP contribution in [0.1, 0.15) is 24.4 Å². The Morgan fingerprint density at radius 3 is 2.76 bits per heavy atom. The molecular weight excluding hydrogens is 342 g/mol. The molecule has 0 unspecified atom stereocenters. The number of amides is 1. The maximum Gasteiger partial charge on any atom is 0.233 e. The normalized spacial score (nSPS) is 13.6. The fourth-order valence-corrected chi connectivity index (χ4v) is 3.29. The van der Waals surface area contributed by atoms with E-state index in [0.717, 1.165) is 18.4 Å². The first-order chi connectivity index (χ1) is 12.1. The Balaban J connectivity index is 1.56. The van der Waals surface area contributed by atoms with Gasteiger partial charge in [-0.1, -0.05) is 17.8 Å². The highest BCUT2D eigenvalue weighted by atomic mass is 32.2. The first kappa shape index (κ1) is 17.5. The van der Waals surface area contributed by atoms with E-state index in [0.29, 0.717) is 35.0 Å². The molecule has 1 amide bonds. The van der Waals surface area contributed by atoms with Crippen molar-refractivity contribution in [3.8, 4) is 11.5 Å². The SMILES string of the molecule is COc1ccc(CN(C)C(=O)CSc2nnnn2C2CC2)cc1OC. The number of carbonyl (C=O) groups excluding carboxylic acids is 1. The summed E-state index contributed by atoms with van der Waals surface area (Å²) in [6.07, 6.45) is 2.21. The van der Waals surface area contributed by atoms with Gasteiger partial charge in [0, 0.05) is 13.6 Å². The van der Waals surface area contributed by atoms with Crippen LogP contribution < -0.4 is 9.47 Å². The van der Waals surface area contributed by atoms with Gasteiger partial charge in [0.05, 0.1) is 26.0 Å². The van der Waals surface area contributed by atoms with Crippen molar-refractivity contribution in [1.82, 2.24) is 25.1 Å². The lowest BCUT2D eigenvalue weighted by molar-refractivity contribution is -0.127. The van der Waals surface area contributed by atoms with Crippen LogP contribution in [0.3, 0.4) is 0 Å². The average molecular weight is 363 g/mol. The maximum absolute atomic E-state index is 12.4. The van der Waals surface area contributed by atoms with Gasteiger partial charge in [0.1, 0.15) is 0 Å². The largest absolute Gasteiger partial charge is 0.493 e. The fraction of sp³-hybridized carbons (Fsp3) is 0.500. The first-order valence-electron chi connectivity index (χ1n) is 7.98. The Morgan fingerprint density at radius 1 is 1.32 bits per heavy atom. The highest BCUT2D eigenvalue weighted by molar-refractivity contribution is 7.99. The Hall–Kier alpha value is -2.29. The lowest BCUT2D eigenvalue weighted by Gasteiger charge is -2.18. The first-order valence-corrected chi connectivity index (χ1v) is 8.96. The van der Waals surface area contributed by atoms with Crippen molar-refractivity contribution in [3.05, 3.63) is 23.8 Å². The highest BCUT2D eigenvalue weighted by Gasteiger charge is 2.28. The van der Waals surface area contributed by atoms with E-state index in [-0.39, 0.29) is 5.91 Å². The van der Waals surface area contributed by atoms with Crippen LogP contribution in [0.2, 0.25) is 0 Å². The van der Waals surface area contributed by atoms with Crippen molar-refractivity contribution >= 4 is 17.7 Å². The van der Waals surface area contributed by atoms with Crippen LogP contribution in [0, 0.1) is 0 Å². The molecule has 1 fully saturated rings. The second-order valence-corrected chi connectivity index (χ2v) is 6.81. The molecule has 0 aliphatic heterocycles. The summed E-state index contributed by atoms with van der Waals surface area (Å²) < 4.78 is 12.3. The summed E-state index contributed by atoms with van der Waals surface area (Å²) in [4.78, 5) is 14.1. The predicted octanol–water partition coefficient (Wildman–Crippen LogP) is 1.78. The number of nitrogens with zero attached hydrogens (tertiary/aromatic N) is 5. The Bertz CT molecular complexity index is 747. The van der Waals surface area contributed by atoms with Crippen molar-refractivity contribution < 1.29 is 14.3 Å². The van der Waals surface area contributed by atoms with Crippen LogP contribution in [0.5, 0.6) is 11.5 Å². The molecule has 134 valence electrons. The number of thioether (sulfide) groups is 1.